The summed E-state index contributed by atoms with van der Waals surface area (Å²) in [5.74, 6) is 2.20. The third kappa shape index (κ3) is 9.21. The van der Waals surface area contributed by atoms with Gasteiger partial charge in [-0.2, -0.15) is 0 Å². The summed E-state index contributed by atoms with van der Waals surface area (Å²) in [6.45, 7) is 2.67. The van der Waals surface area contributed by atoms with Gasteiger partial charge in [0, 0.05) is 67.2 Å². The molecule has 11 nitrogen and oxygen atoms in total. The maximum absolute atomic E-state index is 13.8. The SMILES string of the molecule is COc1cc2c(cc1OCCCCCC(=O)N1C[C@@H](CCl)c3c1cc(OCc1ccc(NC(=O)CCCCCN)cc1)c1ccccc31)N=C[C@@H]1CCCN1C2=O. The van der Waals surface area contributed by atoms with Crippen LogP contribution in [0.15, 0.2) is 71.7 Å². The fourth-order valence-corrected chi connectivity index (χ4v) is 8.31. The number of ether oxygens (including phenoxy) is 3. The number of benzene rings is 4. The lowest BCUT2D eigenvalue weighted by Gasteiger charge is -2.20. The van der Waals surface area contributed by atoms with Crippen LogP contribution in [0, 0.1) is 0 Å². The Morgan fingerprint density at radius 2 is 1.70 bits per heavy atom. The molecule has 57 heavy (non-hydrogen) atoms. The smallest absolute Gasteiger partial charge is 0.256 e. The summed E-state index contributed by atoms with van der Waals surface area (Å²) in [5.41, 5.74) is 10.3. The molecule has 7 rings (SSSR count). The van der Waals surface area contributed by atoms with Gasteiger partial charge in [0.15, 0.2) is 11.5 Å². The number of alkyl halides is 1. The van der Waals surface area contributed by atoms with Crippen LogP contribution in [0.1, 0.15) is 91.6 Å². The molecule has 4 aromatic carbocycles. The van der Waals surface area contributed by atoms with Gasteiger partial charge in [0.05, 0.1) is 36.7 Å². The van der Waals surface area contributed by atoms with Gasteiger partial charge in [-0.3, -0.25) is 19.4 Å². The first-order valence-electron chi connectivity index (χ1n) is 20.2. The molecule has 12 heteroatoms. The second-order valence-electron chi connectivity index (χ2n) is 15.0. The standard InChI is InChI=1S/C45H52ClN5O6/c1-55-40-23-36-37(48-27-33-11-10-21-50(33)45(36)54)24-41(40)56-22-9-3-5-15-43(53)51-28-31(26-46)44-35-13-7-6-12-34(35)39(25-38(44)51)57-29-30-16-18-32(19-17-30)49-42(52)14-4-2-8-20-47/h6-7,12-13,16-19,23-25,27,31,33H,2-5,8-11,14-15,20-22,26,28-29,47H2,1H3,(H,49,52)/t31-,33+/m1/s1. The fraction of sp³-hybridized carbons (Fsp3) is 0.422. The van der Waals surface area contributed by atoms with Gasteiger partial charge in [-0.25, -0.2) is 0 Å². The molecule has 3 amide bonds. The molecule has 3 heterocycles. The van der Waals surface area contributed by atoms with Crippen molar-refractivity contribution >= 4 is 63.4 Å². The third-order valence-corrected chi connectivity index (χ3v) is 11.5. The topological polar surface area (TPSA) is 136 Å². The van der Waals surface area contributed by atoms with Crippen molar-refractivity contribution in [2.75, 3.05) is 49.4 Å². The number of carbonyl (C=O) groups is 3. The minimum atomic E-state index is -0.0232. The molecule has 0 bridgehead atoms. The predicted octanol–water partition coefficient (Wildman–Crippen LogP) is 8.51. The first-order valence-corrected chi connectivity index (χ1v) is 20.8. The van der Waals surface area contributed by atoms with Gasteiger partial charge >= 0.3 is 0 Å². The Labute approximate surface area is 339 Å². The molecular formula is C45H52ClN5O6. The van der Waals surface area contributed by atoms with E-state index in [1.807, 2.05) is 64.5 Å². The van der Waals surface area contributed by atoms with Crippen molar-refractivity contribution < 1.29 is 28.6 Å². The van der Waals surface area contributed by atoms with Crippen molar-refractivity contribution in [3.05, 3.63) is 83.4 Å². The van der Waals surface area contributed by atoms with Crippen LogP contribution in [0.25, 0.3) is 10.8 Å². The maximum atomic E-state index is 13.8. The molecule has 0 spiro atoms. The normalized spacial score (nSPS) is 16.9. The van der Waals surface area contributed by atoms with Gasteiger partial charge in [0.2, 0.25) is 11.8 Å². The van der Waals surface area contributed by atoms with Crippen LogP contribution in [0.4, 0.5) is 17.1 Å². The second kappa shape index (κ2) is 18.9. The van der Waals surface area contributed by atoms with Crippen LogP contribution in [0.3, 0.4) is 0 Å². The van der Waals surface area contributed by atoms with E-state index in [1.165, 1.54) is 0 Å². The van der Waals surface area contributed by atoms with Crippen LogP contribution in [0.5, 0.6) is 17.2 Å². The van der Waals surface area contributed by atoms with Gasteiger partial charge in [-0.1, -0.05) is 42.8 Å². The quantitative estimate of drug-likeness (QED) is 0.0762. The van der Waals surface area contributed by atoms with E-state index in [2.05, 4.69) is 16.4 Å². The van der Waals surface area contributed by atoms with E-state index < -0.39 is 0 Å². The van der Waals surface area contributed by atoms with Gasteiger partial charge < -0.3 is 35.1 Å². The van der Waals surface area contributed by atoms with Gasteiger partial charge in [0.1, 0.15) is 12.4 Å². The number of hydrogen-bond acceptors (Lipinski definition) is 8. The summed E-state index contributed by atoms with van der Waals surface area (Å²) in [6.07, 6.45) is 9.59. The lowest BCUT2D eigenvalue weighted by molar-refractivity contribution is -0.118. The number of nitrogens with two attached hydrogens (primary N) is 1. The largest absolute Gasteiger partial charge is 0.493 e. The van der Waals surface area contributed by atoms with E-state index in [9.17, 15) is 14.4 Å². The predicted molar refractivity (Wildman–Crippen MR) is 226 cm³/mol. The first kappa shape index (κ1) is 40.1. The Morgan fingerprint density at radius 3 is 2.49 bits per heavy atom. The molecule has 4 aromatic rings. The zero-order valence-corrected chi connectivity index (χ0v) is 33.4. The summed E-state index contributed by atoms with van der Waals surface area (Å²) in [6, 6.07) is 21.4. The van der Waals surface area contributed by atoms with Gasteiger partial charge in [0.25, 0.3) is 5.91 Å². The zero-order chi connectivity index (χ0) is 39.7. The number of nitrogens with one attached hydrogen (secondary N) is 1. The summed E-state index contributed by atoms with van der Waals surface area (Å²) in [7, 11) is 1.57. The lowest BCUT2D eigenvalue weighted by Crippen LogP contribution is -2.35. The van der Waals surface area contributed by atoms with Crippen LogP contribution in [-0.2, 0) is 16.2 Å². The number of unbranched alkanes of at least 4 members (excludes halogenated alkanes) is 4. The molecule has 0 saturated carbocycles. The molecule has 0 aromatic heterocycles. The molecule has 1 fully saturated rings. The number of fused-ring (bicyclic) bond motifs is 5. The average molecular weight is 794 g/mol. The molecule has 0 aliphatic carbocycles. The number of methoxy groups -OCH3 is 1. The van der Waals surface area contributed by atoms with Crippen LogP contribution in [-0.4, -0.2) is 74.1 Å². The van der Waals surface area contributed by atoms with Crippen molar-refractivity contribution in [2.45, 2.75) is 82.8 Å². The minimum absolute atomic E-state index is 0.00209. The molecule has 2 atom stereocenters. The summed E-state index contributed by atoms with van der Waals surface area (Å²) in [4.78, 5) is 47.7. The third-order valence-electron chi connectivity index (χ3n) is 11.1. The molecule has 0 unspecified atom stereocenters. The van der Waals surface area contributed by atoms with E-state index in [-0.39, 0.29) is 29.7 Å². The number of nitrogens with zero attached hydrogens (tertiary/aromatic N) is 3. The van der Waals surface area contributed by atoms with E-state index in [0.29, 0.717) is 79.9 Å². The Kier molecular flexibility index (Phi) is 13.3. The van der Waals surface area contributed by atoms with Crippen molar-refractivity contribution in [1.82, 2.24) is 4.90 Å². The zero-order valence-electron chi connectivity index (χ0n) is 32.6. The second-order valence-corrected chi connectivity index (χ2v) is 15.3. The number of aliphatic imine (C=N–C) groups is 1. The van der Waals surface area contributed by atoms with Gasteiger partial charge in [-0.15, -0.1) is 11.6 Å². The number of rotatable bonds is 18. The molecule has 1 saturated heterocycles. The number of anilines is 2. The molecular weight excluding hydrogens is 742 g/mol. The van der Waals surface area contributed by atoms with E-state index in [4.69, 9.17) is 31.5 Å². The Bertz CT molecular complexity index is 2110. The highest BCUT2D eigenvalue weighted by Crippen LogP contribution is 2.46. The molecule has 0 radical (unpaired) electrons. The lowest BCUT2D eigenvalue weighted by atomic mass is 9.95. The Balaban J connectivity index is 0.948. The average Bonchev–Trinajstić information content (AvgIpc) is 3.84. The Morgan fingerprint density at radius 1 is 0.912 bits per heavy atom. The highest BCUT2D eigenvalue weighted by molar-refractivity contribution is 6.19. The summed E-state index contributed by atoms with van der Waals surface area (Å²) in [5, 5.41) is 4.98. The van der Waals surface area contributed by atoms with Crippen molar-refractivity contribution in [2.24, 2.45) is 10.7 Å². The minimum Gasteiger partial charge on any atom is -0.493 e. The van der Waals surface area contributed by atoms with E-state index >= 15 is 0 Å². The monoisotopic (exact) mass is 793 g/mol. The highest BCUT2D eigenvalue weighted by Gasteiger charge is 2.35. The molecule has 3 aliphatic rings. The van der Waals surface area contributed by atoms with Crippen LogP contribution in [0.2, 0.25) is 0 Å². The van der Waals surface area contributed by atoms with Crippen molar-refractivity contribution in [3.8, 4) is 17.2 Å². The number of halogens is 1. The van der Waals surface area contributed by atoms with Gasteiger partial charge in [-0.05, 0) is 86.2 Å². The summed E-state index contributed by atoms with van der Waals surface area (Å²) >= 11 is 6.53. The van der Waals surface area contributed by atoms with E-state index in [1.54, 1.807) is 19.2 Å². The highest BCUT2D eigenvalue weighted by atomic mass is 35.5. The fourth-order valence-electron chi connectivity index (χ4n) is 8.06. The number of carbonyl (C=O) groups excluding carboxylic acids is 3. The molecule has 3 N–H and O–H groups in total. The van der Waals surface area contributed by atoms with Crippen LogP contribution < -0.4 is 30.2 Å². The van der Waals surface area contributed by atoms with E-state index in [0.717, 1.165) is 84.8 Å². The molecule has 3 aliphatic heterocycles. The number of amides is 3. The van der Waals surface area contributed by atoms with Crippen molar-refractivity contribution in [1.29, 1.82) is 0 Å². The first-order chi connectivity index (χ1) is 27.9. The number of hydrogen-bond donors (Lipinski definition) is 2. The maximum Gasteiger partial charge on any atom is 0.256 e. The van der Waals surface area contributed by atoms with Crippen LogP contribution >= 0.6 is 11.6 Å². The molecule has 300 valence electrons. The Hall–Kier alpha value is -5.13. The van der Waals surface area contributed by atoms with Crippen molar-refractivity contribution in [3.63, 3.8) is 0 Å². The summed E-state index contributed by atoms with van der Waals surface area (Å²) < 4.78 is 18.2.